The first-order valence-electron chi connectivity index (χ1n) is 26.0. The second-order valence-corrected chi connectivity index (χ2v) is 24.1. The summed E-state index contributed by atoms with van der Waals surface area (Å²) in [5.74, 6) is -0.221. The van der Waals surface area contributed by atoms with Crippen molar-refractivity contribution in [2.24, 2.45) is 5.92 Å². The smallest absolute Gasteiger partial charge is 0.407 e. The molecule has 0 bridgehead atoms. The summed E-state index contributed by atoms with van der Waals surface area (Å²) in [6.07, 6.45) is 8.29. The summed E-state index contributed by atoms with van der Waals surface area (Å²) in [6.45, 7) is 11.5. The molecular formula is C53H67N13O9S. The minimum atomic E-state index is -3.90. The lowest BCUT2D eigenvalue weighted by atomic mass is 9.87. The molecule has 5 amide bonds. The Labute approximate surface area is 441 Å². The fourth-order valence-corrected chi connectivity index (χ4v) is 11.9. The van der Waals surface area contributed by atoms with Crippen molar-refractivity contribution in [2.45, 2.75) is 133 Å². The Bertz CT molecular complexity index is 3140. The molecule has 3 saturated heterocycles. The molecule has 5 atom stereocenters. The van der Waals surface area contributed by atoms with Crippen LogP contribution >= 0.6 is 0 Å². The van der Waals surface area contributed by atoms with Gasteiger partial charge in [-0.05, 0) is 116 Å². The summed E-state index contributed by atoms with van der Waals surface area (Å²) in [7, 11) is -2.64. The summed E-state index contributed by atoms with van der Waals surface area (Å²) < 4.78 is 33.4. The van der Waals surface area contributed by atoms with E-state index in [2.05, 4.69) is 57.0 Å². The SMILES string of the molecule is Cc1[nH]nc(Nc2ncnc3cc(OCC4CCN(c5cnc(C(=O)N6CC[C@H]7CC[C@@H](C(=O)N[C@@H]8CCCc9ccccc98)N7C(=O)[C@@H](NC(=O)[C@H](C)N(C)C(=O)O)C6)cn5)CC4)c(S(=O)(=O)C(C)(C)C)cc23)c1C. The maximum Gasteiger partial charge on any atom is 0.407 e. The van der Waals surface area contributed by atoms with Gasteiger partial charge in [0.05, 0.1) is 41.9 Å². The molecule has 0 spiro atoms. The van der Waals surface area contributed by atoms with Crippen LogP contribution in [0, 0.1) is 19.8 Å². The van der Waals surface area contributed by atoms with Gasteiger partial charge in [0.1, 0.15) is 52.4 Å². The van der Waals surface area contributed by atoms with Gasteiger partial charge < -0.3 is 40.5 Å². The quantitative estimate of drug-likeness (QED) is 0.101. The molecule has 0 unspecified atom stereocenters. The molecule has 5 N–H and O–H groups in total. The van der Waals surface area contributed by atoms with Gasteiger partial charge in [0, 0.05) is 55.4 Å². The van der Waals surface area contributed by atoms with Gasteiger partial charge >= 0.3 is 6.09 Å². The number of rotatable bonds is 13. The van der Waals surface area contributed by atoms with Crippen molar-refractivity contribution in [3.63, 3.8) is 0 Å². The number of ether oxygens (including phenoxy) is 1. The Balaban J connectivity index is 0.860. The second-order valence-electron chi connectivity index (χ2n) is 21.4. The zero-order chi connectivity index (χ0) is 54.2. The first-order valence-corrected chi connectivity index (χ1v) is 27.5. The molecule has 23 heteroatoms. The summed E-state index contributed by atoms with van der Waals surface area (Å²) in [6, 6.07) is 7.38. The molecule has 76 heavy (non-hydrogen) atoms. The van der Waals surface area contributed by atoms with Crippen LogP contribution in [0.5, 0.6) is 5.75 Å². The van der Waals surface area contributed by atoms with E-state index in [1.165, 1.54) is 43.2 Å². The van der Waals surface area contributed by atoms with Crippen molar-refractivity contribution in [1.82, 2.24) is 55.5 Å². The zero-order valence-electron chi connectivity index (χ0n) is 44.0. The number of aromatic amines is 1. The number of likely N-dealkylation sites (N-methyl/N-ethyl adjacent to an activating group) is 1. The predicted molar refractivity (Wildman–Crippen MR) is 282 cm³/mol. The van der Waals surface area contributed by atoms with Crippen LogP contribution in [0.2, 0.25) is 0 Å². The summed E-state index contributed by atoms with van der Waals surface area (Å²) in [4.78, 5) is 92.5. The summed E-state index contributed by atoms with van der Waals surface area (Å²) in [5.41, 5.74) is 4.57. The molecule has 4 aliphatic rings. The maximum absolute atomic E-state index is 14.7. The van der Waals surface area contributed by atoms with Gasteiger partial charge in [-0.25, -0.2) is 33.1 Å². The molecule has 0 saturated carbocycles. The summed E-state index contributed by atoms with van der Waals surface area (Å²) >= 11 is 0. The van der Waals surface area contributed by atoms with Crippen LogP contribution in [0.25, 0.3) is 10.9 Å². The minimum absolute atomic E-state index is 0.0355. The highest BCUT2D eigenvalue weighted by Gasteiger charge is 2.46. The van der Waals surface area contributed by atoms with Gasteiger partial charge in [-0.1, -0.05) is 24.3 Å². The number of piperidine rings is 1. The first-order chi connectivity index (χ1) is 36.2. The number of sulfone groups is 1. The predicted octanol–water partition coefficient (Wildman–Crippen LogP) is 5.25. The fraction of sp³-hybridized carbons (Fsp3) is 0.509. The number of benzene rings is 2. The largest absolute Gasteiger partial charge is 0.492 e. The van der Waals surface area contributed by atoms with E-state index in [1.807, 2.05) is 32.0 Å². The molecule has 3 aromatic heterocycles. The topological polar surface area (TPSA) is 278 Å². The van der Waals surface area contributed by atoms with Crippen molar-refractivity contribution in [3.8, 4) is 5.75 Å². The molecule has 9 rings (SSSR count). The third-order valence-electron chi connectivity index (χ3n) is 15.6. The normalized spacial score (nSPS) is 20.7. The molecule has 3 fully saturated rings. The molecule has 3 aliphatic heterocycles. The van der Waals surface area contributed by atoms with Crippen LogP contribution in [0.15, 0.2) is 60.0 Å². The number of carbonyl (C=O) groups is 5. The van der Waals surface area contributed by atoms with Gasteiger partial charge in [0.15, 0.2) is 15.7 Å². The van der Waals surface area contributed by atoms with E-state index in [0.717, 1.165) is 41.0 Å². The Morgan fingerprint density at radius 2 is 1.68 bits per heavy atom. The Kier molecular flexibility index (Phi) is 15.2. The van der Waals surface area contributed by atoms with Crippen LogP contribution in [0.4, 0.5) is 22.2 Å². The van der Waals surface area contributed by atoms with E-state index in [4.69, 9.17) is 4.74 Å². The maximum atomic E-state index is 14.7. The van der Waals surface area contributed by atoms with Crippen LogP contribution in [0.1, 0.15) is 112 Å². The Morgan fingerprint density at radius 3 is 2.38 bits per heavy atom. The van der Waals surface area contributed by atoms with Gasteiger partial charge in [-0.3, -0.25) is 29.2 Å². The average molecular weight is 1060 g/mol. The third kappa shape index (κ3) is 10.8. The average Bonchev–Trinajstić information content (AvgIpc) is 3.98. The minimum Gasteiger partial charge on any atom is -0.492 e. The lowest BCUT2D eigenvalue weighted by Crippen LogP contribution is -2.62. The van der Waals surface area contributed by atoms with Crippen LogP contribution in [-0.2, 0) is 30.6 Å². The Hall–Kier alpha value is -7.43. The number of hydrogen-bond donors (Lipinski definition) is 5. The van der Waals surface area contributed by atoms with Crippen LogP contribution in [0.3, 0.4) is 0 Å². The number of H-pyrrole nitrogens is 1. The number of aromatic nitrogens is 6. The Morgan fingerprint density at radius 1 is 0.921 bits per heavy atom. The second kappa shape index (κ2) is 21.7. The standard InChI is InChI=1S/C53H67N13O9S/c1-30-31(2)61-62-46(30)60-47-37-23-44(76(73,74)53(4,5)6)43(24-39(37)56-29-57-47)75-28-33-17-20-64(21-18-33)45-26-54-40(25-55-45)50(69)65-22-19-35-15-16-42(49(68)58-38-14-10-12-34-11-8-9-13-36(34)38)66(35)51(70)41(27-65)59-48(67)32(3)63(7)52(71)72/h8-9,11,13,23-26,29,32-33,35,38,41-42H,10,12,14-22,27-28H2,1-7H3,(H,58,68)(H,59,67)(H,71,72)(H2,56,57,60,61,62)/t32-,35+,38+,41-,42-/m0/s1. The van der Waals surface area contributed by atoms with Crippen molar-refractivity contribution in [2.75, 3.05) is 50.1 Å². The molecule has 2 aromatic carbocycles. The van der Waals surface area contributed by atoms with Crippen molar-refractivity contribution in [1.29, 1.82) is 0 Å². The van der Waals surface area contributed by atoms with Crippen molar-refractivity contribution >= 4 is 67.9 Å². The lowest BCUT2D eigenvalue weighted by molar-refractivity contribution is -0.145. The van der Waals surface area contributed by atoms with Gasteiger partial charge in [0.2, 0.25) is 17.7 Å². The first kappa shape index (κ1) is 53.4. The highest BCUT2D eigenvalue weighted by atomic mass is 32.2. The van der Waals surface area contributed by atoms with E-state index in [-0.39, 0.29) is 53.9 Å². The van der Waals surface area contributed by atoms with Crippen LogP contribution in [-0.4, -0.2) is 157 Å². The van der Waals surface area contributed by atoms with Crippen molar-refractivity contribution < 1.29 is 42.2 Å². The number of carbonyl (C=O) groups excluding carboxylic acids is 4. The molecular weight excluding hydrogens is 995 g/mol. The van der Waals surface area contributed by atoms with E-state index >= 15 is 0 Å². The number of amides is 5. The van der Waals surface area contributed by atoms with E-state index < -0.39 is 62.6 Å². The lowest BCUT2D eigenvalue weighted by Gasteiger charge is -2.39. The molecule has 6 heterocycles. The third-order valence-corrected chi connectivity index (χ3v) is 18.1. The number of hydrogen-bond acceptors (Lipinski definition) is 15. The number of carboxylic acid groups (broad SMARTS) is 1. The van der Waals surface area contributed by atoms with Gasteiger partial charge in [-0.2, -0.15) is 5.10 Å². The highest BCUT2D eigenvalue weighted by Crippen LogP contribution is 2.39. The van der Waals surface area contributed by atoms with E-state index in [0.29, 0.717) is 73.6 Å². The molecule has 5 aromatic rings. The van der Waals surface area contributed by atoms with Crippen molar-refractivity contribution in [3.05, 3.63) is 83.2 Å². The van der Waals surface area contributed by atoms with Crippen LogP contribution < -0.4 is 25.6 Å². The molecule has 404 valence electrons. The number of fused-ring (bicyclic) bond motifs is 3. The van der Waals surface area contributed by atoms with E-state index in [1.54, 1.807) is 37.8 Å². The van der Waals surface area contributed by atoms with Gasteiger partial charge in [-0.15, -0.1) is 0 Å². The number of aryl methyl sites for hydroxylation is 2. The van der Waals surface area contributed by atoms with E-state index in [9.17, 15) is 37.5 Å². The molecule has 22 nitrogen and oxygen atoms in total. The number of nitrogens with one attached hydrogen (secondary N) is 4. The molecule has 0 radical (unpaired) electrons. The number of anilines is 3. The highest BCUT2D eigenvalue weighted by molar-refractivity contribution is 7.92. The monoisotopic (exact) mass is 1060 g/mol. The van der Waals surface area contributed by atoms with Gasteiger partial charge in [0.25, 0.3) is 5.91 Å². The number of nitrogens with zero attached hydrogens (tertiary/aromatic N) is 9. The fourth-order valence-electron chi connectivity index (χ4n) is 10.6. The molecule has 1 aliphatic carbocycles. The summed E-state index contributed by atoms with van der Waals surface area (Å²) in [5, 5.41) is 26.6. The zero-order valence-corrected chi connectivity index (χ0v) is 44.8.